The molecule has 0 saturated heterocycles. The van der Waals surface area contributed by atoms with Gasteiger partial charge in [-0.2, -0.15) is 0 Å². The molecule has 0 bridgehead atoms. The van der Waals surface area contributed by atoms with Crippen LogP contribution in [0.4, 0.5) is 0 Å². The topological polar surface area (TPSA) is 46.2 Å². The third kappa shape index (κ3) is 7.67. The smallest absolute Gasteiger partial charge is 0.219 e. The van der Waals surface area contributed by atoms with E-state index >= 15 is 0 Å². The molecule has 0 spiro atoms. The number of carbonyl (C=O) groups is 2. The van der Waals surface area contributed by atoms with E-state index in [2.05, 4.69) is 11.9 Å². The van der Waals surface area contributed by atoms with E-state index in [-0.39, 0.29) is 11.7 Å². The molecule has 0 atom stereocenters. The minimum Gasteiger partial charge on any atom is -0.356 e. The third-order valence-electron chi connectivity index (χ3n) is 1.98. The van der Waals surface area contributed by atoms with Crippen molar-refractivity contribution < 1.29 is 9.59 Å². The van der Waals surface area contributed by atoms with Crippen LogP contribution in [-0.2, 0) is 9.59 Å². The van der Waals surface area contributed by atoms with Gasteiger partial charge >= 0.3 is 0 Å². The summed E-state index contributed by atoms with van der Waals surface area (Å²) in [5, 5.41) is 2.76. The number of allylic oxidation sites excluding steroid dienone is 2. The molecule has 3 nitrogen and oxygen atoms in total. The summed E-state index contributed by atoms with van der Waals surface area (Å²) < 4.78 is 0. The van der Waals surface area contributed by atoms with E-state index in [0.717, 1.165) is 6.42 Å². The van der Waals surface area contributed by atoms with E-state index in [9.17, 15) is 9.59 Å². The van der Waals surface area contributed by atoms with Crippen LogP contribution in [0.25, 0.3) is 0 Å². The summed E-state index contributed by atoms with van der Waals surface area (Å²) in [4.78, 5) is 21.6. The number of Topliss-reactive ketones (excluding diaryl/α,β-unsaturated/α-hetero) is 1. The molecule has 0 heterocycles. The van der Waals surface area contributed by atoms with Gasteiger partial charge in [-0.1, -0.05) is 25.7 Å². The van der Waals surface area contributed by atoms with Gasteiger partial charge in [0.1, 0.15) is 0 Å². The van der Waals surface area contributed by atoms with Gasteiger partial charge in [0.2, 0.25) is 5.91 Å². The Morgan fingerprint density at radius 2 is 2.00 bits per heavy atom. The predicted molar refractivity (Wildman–Crippen MR) is 61.5 cm³/mol. The van der Waals surface area contributed by atoms with Crippen LogP contribution in [0.5, 0.6) is 0 Å². The van der Waals surface area contributed by atoms with Crippen molar-refractivity contribution in [3.63, 3.8) is 0 Å². The first kappa shape index (κ1) is 13.6. The Morgan fingerprint density at radius 1 is 1.33 bits per heavy atom. The highest BCUT2D eigenvalue weighted by Gasteiger charge is 1.96. The molecule has 0 aliphatic heterocycles. The largest absolute Gasteiger partial charge is 0.356 e. The molecular weight excluding hydrogens is 190 g/mol. The van der Waals surface area contributed by atoms with Gasteiger partial charge in [-0.05, 0) is 25.3 Å². The summed E-state index contributed by atoms with van der Waals surface area (Å²) >= 11 is 0. The van der Waals surface area contributed by atoms with E-state index in [1.54, 1.807) is 0 Å². The molecule has 0 aromatic carbocycles. The fourth-order valence-electron chi connectivity index (χ4n) is 0.907. The monoisotopic (exact) mass is 209 g/mol. The highest BCUT2D eigenvalue weighted by molar-refractivity contribution is 5.92. The number of rotatable bonds is 7. The average Bonchev–Trinajstić information content (AvgIpc) is 2.22. The Hall–Kier alpha value is -1.38. The first-order valence-corrected chi connectivity index (χ1v) is 5.18. The molecule has 0 aliphatic rings. The molecule has 0 saturated carbocycles. The minimum absolute atomic E-state index is 0.0268. The highest BCUT2D eigenvalue weighted by atomic mass is 16.1. The van der Waals surface area contributed by atoms with Crippen molar-refractivity contribution in [2.45, 2.75) is 33.1 Å². The number of ketones is 1. The quantitative estimate of drug-likeness (QED) is 0.396. The molecule has 0 aromatic heterocycles. The zero-order valence-electron chi connectivity index (χ0n) is 9.51. The molecule has 1 amide bonds. The lowest BCUT2D eigenvalue weighted by atomic mass is 10.1. The van der Waals surface area contributed by atoms with Crippen molar-refractivity contribution >= 4 is 11.7 Å². The zero-order chi connectivity index (χ0) is 11.7. The van der Waals surface area contributed by atoms with Crippen LogP contribution in [0.3, 0.4) is 0 Å². The molecule has 84 valence electrons. The first-order chi connectivity index (χ1) is 7.07. The van der Waals surface area contributed by atoms with Gasteiger partial charge < -0.3 is 5.32 Å². The van der Waals surface area contributed by atoms with E-state index in [1.807, 2.05) is 19.1 Å². The van der Waals surface area contributed by atoms with Gasteiger partial charge in [0.15, 0.2) is 5.78 Å². The van der Waals surface area contributed by atoms with Crippen molar-refractivity contribution in [1.29, 1.82) is 0 Å². The lowest BCUT2D eigenvalue weighted by Crippen LogP contribution is -2.22. The maximum absolute atomic E-state index is 10.8. The maximum Gasteiger partial charge on any atom is 0.219 e. The SMILES string of the molecule is C=C(C/C=C\CCNC(=O)CC)C(C)=O. The van der Waals surface area contributed by atoms with Crippen molar-refractivity contribution in [2.75, 3.05) is 6.54 Å². The van der Waals surface area contributed by atoms with Gasteiger partial charge in [-0.25, -0.2) is 0 Å². The van der Waals surface area contributed by atoms with E-state index in [1.165, 1.54) is 6.92 Å². The predicted octanol–water partition coefficient (Wildman–Crippen LogP) is 1.99. The number of nitrogens with one attached hydrogen (secondary N) is 1. The van der Waals surface area contributed by atoms with E-state index in [0.29, 0.717) is 25.0 Å². The molecule has 1 N–H and O–H groups in total. The minimum atomic E-state index is 0.0268. The van der Waals surface area contributed by atoms with Crippen LogP contribution in [0, 0.1) is 0 Å². The Kier molecular flexibility index (Phi) is 7.24. The molecule has 3 heteroatoms. The standard InChI is InChI=1S/C12H19NO2/c1-4-12(15)13-9-7-5-6-8-10(2)11(3)14/h5-6H,2,4,7-9H2,1,3H3,(H,13,15)/b6-5-. The lowest BCUT2D eigenvalue weighted by molar-refractivity contribution is -0.120. The highest BCUT2D eigenvalue weighted by Crippen LogP contribution is 2.00. The van der Waals surface area contributed by atoms with Crippen molar-refractivity contribution in [3.8, 4) is 0 Å². The summed E-state index contributed by atoms with van der Waals surface area (Å²) in [7, 11) is 0. The number of carbonyl (C=O) groups excluding carboxylic acids is 2. The summed E-state index contributed by atoms with van der Waals surface area (Å²) in [6.07, 6.45) is 5.75. The number of hydrogen-bond acceptors (Lipinski definition) is 2. The Labute approximate surface area is 91.2 Å². The van der Waals surface area contributed by atoms with E-state index in [4.69, 9.17) is 0 Å². The molecule has 0 rings (SSSR count). The van der Waals surface area contributed by atoms with Crippen LogP contribution in [-0.4, -0.2) is 18.2 Å². The summed E-state index contributed by atoms with van der Waals surface area (Å²) in [5.74, 6) is 0.0930. The van der Waals surface area contributed by atoms with Crippen LogP contribution < -0.4 is 5.32 Å². The Morgan fingerprint density at radius 3 is 2.53 bits per heavy atom. The zero-order valence-corrected chi connectivity index (χ0v) is 9.51. The van der Waals surface area contributed by atoms with E-state index < -0.39 is 0 Å². The molecule has 15 heavy (non-hydrogen) atoms. The first-order valence-electron chi connectivity index (χ1n) is 5.18. The van der Waals surface area contributed by atoms with Crippen LogP contribution in [0.2, 0.25) is 0 Å². The normalized spacial score (nSPS) is 10.3. The fraction of sp³-hybridized carbons (Fsp3) is 0.500. The Bertz CT molecular complexity index is 267. The average molecular weight is 209 g/mol. The van der Waals surface area contributed by atoms with Crippen LogP contribution in [0.1, 0.15) is 33.1 Å². The van der Waals surface area contributed by atoms with Crippen molar-refractivity contribution in [3.05, 3.63) is 24.3 Å². The van der Waals surface area contributed by atoms with Crippen molar-refractivity contribution in [1.82, 2.24) is 5.32 Å². The van der Waals surface area contributed by atoms with Gasteiger partial charge in [0, 0.05) is 13.0 Å². The summed E-state index contributed by atoms with van der Waals surface area (Å²) in [5.41, 5.74) is 0.615. The summed E-state index contributed by atoms with van der Waals surface area (Å²) in [6.45, 7) is 7.62. The molecular formula is C12H19NO2. The van der Waals surface area contributed by atoms with Gasteiger partial charge in [0.05, 0.1) is 0 Å². The van der Waals surface area contributed by atoms with Crippen LogP contribution >= 0.6 is 0 Å². The fourth-order valence-corrected chi connectivity index (χ4v) is 0.907. The van der Waals surface area contributed by atoms with Crippen LogP contribution in [0.15, 0.2) is 24.3 Å². The van der Waals surface area contributed by atoms with Gasteiger partial charge in [-0.15, -0.1) is 0 Å². The van der Waals surface area contributed by atoms with Gasteiger partial charge in [0.25, 0.3) is 0 Å². The molecule has 0 unspecified atom stereocenters. The second-order valence-corrected chi connectivity index (χ2v) is 3.33. The number of amides is 1. The molecule has 0 fully saturated rings. The molecule has 0 aromatic rings. The summed E-state index contributed by atoms with van der Waals surface area (Å²) in [6, 6.07) is 0. The number of hydrogen-bond donors (Lipinski definition) is 1. The second-order valence-electron chi connectivity index (χ2n) is 3.33. The lowest BCUT2D eigenvalue weighted by Gasteiger charge is -1.99. The molecule has 0 aliphatic carbocycles. The third-order valence-corrected chi connectivity index (χ3v) is 1.98. The van der Waals surface area contributed by atoms with Gasteiger partial charge in [-0.3, -0.25) is 9.59 Å². The Balaban J connectivity index is 3.52. The maximum atomic E-state index is 10.8. The van der Waals surface area contributed by atoms with Crippen molar-refractivity contribution in [2.24, 2.45) is 0 Å². The second kappa shape index (κ2) is 7.97. The molecule has 0 radical (unpaired) electrons.